The number of nitrogens with one attached hydrogen (secondary N) is 1. The summed E-state index contributed by atoms with van der Waals surface area (Å²) in [6.45, 7) is 3.56. The molecule has 0 unspecified atom stereocenters. The first-order valence-electron chi connectivity index (χ1n) is 3.47. The highest BCUT2D eigenvalue weighted by Crippen LogP contribution is 2.14. The molecule has 0 aliphatic rings. The van der Waals surface area contributed by atoms with Crippen molar-refractivity contribution in [3.05, 3.63) is 42.0 Å². The van der Waals surface area contributed by atoms with Gasteiger partial charge in [0, 0.05) is 24.4 Å². The monoisotopic (exact) mass is 169 g/mol. The Labute approximate surface area is 69.7 Å². The van der Waals surface area contributed by atoms with Crippen LogP contribution >= 0.6 is 0 Å². The first-order valence-corrected chi connectivity index (χ1v) is 3.47. The van der Waals surface area contributed by atoms with E-state index in [1.165, 1.54) is 12.1 Å². The van der Waals surface area contributed by atoms with Crippen LogP contribution in [0.2, 0.25) is 0 Å². The summed E-state index contributed by atoms with van der Waals surface area (Å²) in [6.07, 6.45) is 0. The molecule has 0 saturated carbocycles. The molecule has 0 aliphatic heterocycles. The Balaban J connectivity index is 3.09. The Morgan fingerprint density at radius 3 is 2.58 bits per heavy atom. The zero-order valence-electron chi connectivity index (χ0n) is 6.70. The van der Waals surface area contributed by atoms with Gasteiger partial charge in [-0.15, -0.1) is 0 Å². The summed E-state index contributed by atoms with van der Waals surface area (Å²) in [5.41, 5.74) is 0.728. The van der Waals surface area contributed by atoms with Crippen molar-refractivity contribution in [1.82, 2.24) is 5.32 Å². The maximum atomic E-state index is 12.9. The summed E-state index contributed by atoms with van der Waals surface area (Å²) in [7, 11) is 1.63. The number of rotatable bonds is 2. The van der Waals surface area contributed by atoms with E-state index in [4.69, 9.17) is 0 Å². The Hall–Kier alpha value is -1.38. The molecule has 0 aromatic heterocycles. The summed E-state index contributed by atoms with van der Waals surface area (Å²) in [4.78, 5) is 0. The summed E-state index contributed by atoms with van der Waals surface area (Å²) < 4.78 is 25.4. The molecule has 1 aromatic rings. The minimum absolute atomic E-state index is 0.291. The molecule has 64 valence electrons. The first kappa shape index (κ1) is 8.71. The van der Waals surface area contributed by atoms with Gasteiger partial charge in [0.25, 0.3) is 0 Å². The second-order valence-electron chi connectivity index (χ2n) is 2.35. The van der Waals surface area contributed by atoms with Crippen LogP contribution in [0.15, 0.2) is 24.8 Å². The van der Waals surface area contributed by atoms with Crippen molar-refractivity contribution in [3.8, 4) is 0 Å². The molecule has 1 N–H and O–H groups in total. The highest BCUT2D eigenvalue weighted by atomic mass is 19.1. The Bertz CT molecular complexity index is 307. The topological polar surface area (TPSA) is 12.0 Å². The molecule has 0 atom stereocenters. The van der Waals surface area contributed by atoms with Gasteiger partial charge in [0.05, 0.1) is 0 Å². The summed E-state index contributed by atoms with van der Waals surface area (Å²) in [5, 5.41) is 2.68. The van der Waals surface area contributed by atoms with Crippen LogP contribution in [0.3, 0.4) is 0 Å². The molecule has 1 nitrogen and oxygen atoms in total. The lowest BCUT2D eigenvalue weighted by molar-refractivity contribution is 0.580. The van der Waals surface area contributed by atoms with E-state index < -0.39 is 11.6 Å². The van der Waals surface area contributed by atoms with Gasteiger partial charge in [0.2, 0.25) is 0 Å². The molecular weight excluding hydrogens is 160 g/mol. The lowest BCUT2D eigenvalue weighted by atomic mass is 10.1. The molecule has 3 heteroatoms. The number of benzene rings is 1. The Kier molecular flexibility index (Phi) is 2.43. The van der Waals surface area contributed by atoms with E-state index in [1.807, 2.05) is 0 Å². The van der Waals surface area contributed by atoms with Crippen molar-refractivity contribution in [3.63, 3.8) is 0 Å². The third-order valence-corrected chi connectivity index (χ3v) is 1.56. The molecule has 12 heavy (non-hydrogen) atoms. The third-order valence-electron chi connectivity index (χ3n) is 1.56. The van der Waals surface area contributed by atoms with E-state index in [1.54, 1.807) is 7.05 Å². The van der Waals surface area contributed by atoms with Crippen molar-refractivity contribution in [1.29, 1.82) is 0 Å². The number of hydrogen-bond donors (Lipinski definition) is 1. The van der Waals surface area contributed by atoms with Crippen molar-refractivity contribution in [2.75, 3.05) is 7.05 Å². The molecule has 0 heterocycles. The minimum atomic E-state index is -0.602. The predicted molar refractivity (Wildman–Crippen MR) is 44.5 cm³/mol. The molecule has 1 rings (SSSR count). The number of halogens is 2. The van der Waals surface area contributed by atoms with E-state index in [9.17, 15) is 8.78 Å². The van der Waals surface area contributed by atoms with E-state index >= 15 is 0 Å². The van der Waals surface area contributed by atoms with Crippen LogP contribution in [0.5, 0.6) is 0 Å². The Morgan fingerprint density at radius 2 is 2.08 bits per heavy atom. The lowest BCUT2D eigenvalue weighted by Crippen LogP contribution is -2.04. The van der Waals surface area contributed by atoms with Crippen LogP contribution in [0, 0.1) is 11.6 Å². The van der Waals surface area contributed by atoms with E-state index in [0.717, 1.165) is 6.07 Å². The number of hydrogen-bond acceptors (Lipinski definition) is 1. The standard InChI is InChI=1S/C9H9F2N/c1-6(12-2)8-4-3-7(10)5-9(8)11/h3-5,12H,1H2,2H3. The molecule has 0 fully saturated rings. The second-order valence-corrected chi connectivity index (χ2v) is 2.35. The Morgan fingerprint density at radius 1 is 1.42 bits per heavy atom. The lowest BCUT2D eigenvalue weighted by Gasteiger charge is -2.05. The van der Waals surface area contributed by atoms with Crippen LogP contribution in [0.25, 0.3) is 5.70 Å². The average molecular weight is 169 g/mol. The molecule has 0 spiro atoms. The van der Waals surface area contributed by atoms with Crippen LogP contribution in [-0.2, 0) is 0 Å². The van der Waals surface area contributed by atoms with Gasteiger partial charge in [-0.1, -0.05) is 6.58 Å². The third kappa shape index (κ3) is 1.61. The maximum Gasteiger partial charge on any atom is 0.135 e. The van der Waals surface area contributed by atoms with Gasteiger partial charge in [-0.25, -0.2) is 8.78 Å². The SMILES string of the molecule is C=C(NC)c1ccc(F)cc1F. The quantitative estimate of drug-likeness (QED) is 0.715. The van der Waals surface area contributed by atoms with Crippen LogP contribution < -0.4 is 5.32 Å². The molecule has 1 aromatic carbocycles. The molecule has 0 aliphatic carbocycles. The first-order chi connectivity index (χ1) is 5.65. The summed E-state index contributed by atoms with van der Waals surface area (Å²) >= 11 is 0. The molecule has 0 radical (unpaired) electrons. The van der Waals surface area contributed by atoms with E-state index in [2.05, 4.69) is 11.9 Å². The summed E-state index contributed by atoms with van der Waals surface area (Å²) in [5.74, 6) is -1.19. The molecule has 0 bridgehead atoms. The van der Waals surface area contributed by atoms with Crippen molar-refractivity contribution in [2.24, 2.45) is 0 Å². The van der Waals surface area contributed by atoms with E-state index in [0.29, 0.717) is 11.3 Å². The zero-order valence-corrected chi connectivity index (χ0v) is 6.70. The molecule has 0 amide bonds. The van der Waals surface area contributed by atoms with Crippen LogP contribution in [0.4, 0.5) is 8.78 Å². The van der Waals surface area contributed by atoms with E-state index in [-0.39, 0.29) is 0 Å². The van der Waals surface area contributed by atoms with Gasteiger partial charge in [-0.05, 0) is 12.1 Å². The smallest absolute Gasteiger partial charge is 0.135 e. The van der Waals surface area contributed by atoms with Crippen molar-refractivity contribution < 1.29 is 8.78 Å². The average Bonchev–Trinajstić information content (AvgIpc) is 2.03. The van der Waals surface area contributed by atoms with Gasteiger partial charge >= 0.3 is 0 Å². The van der Waals surface area contributed by atoms with Gasteiger partial charge in [-0.2, -0.15) is 0 Å². The zero-order chi connectivity index (χ0) is 9.14. The largest absolute Gasteiger partial charge is 0.388 e. The fraction of sp³-hybridized carbons (Fsp3) is 0.111. The van der Waals surface area contributed by atoms with Gasteiger partial charge in [0.1, 0.15) is 11.6 Å². The van der Waals surface area contributed by atoms with Crippen LogP contribution in [-0.4, -0.2) is 7.05 Å². The second kappa shape index (κ2) is 3.34. The highest BCUT2D eigenvalue weighted by molar-refractivity contribution is 5.61. The van der Waals surface area contributed by atoms with Gasteiger partial charge in [0.15, 0.2) is 0 Å². The fourth-order valence-corrected chi connectivity index (χ4v) is 0.869. The summed E-state index contributed by atoms with van der Waals surface area (Å²) in [6, 6.07) is 3.38. The van der Waals surface area contributed by atoms with Gasteiger partial charge in [-0.3, -0.25) is 0 Å². The maximum absolute atomic E-state index is 12.9. The molecular formula is C9H9F2N. The normalized spacial score (nSPS) is 9.58. The van der Waals surface area contributed by atoms with Crippen LogP contribution in [0.1, 0.15) is 5.56 Å². The van der Waals surface area contributed by atoms with Crippen molar-refractivity contribution in [2.45, 2.75) is 0 Å². The predicted octanol–water partition coefficient (Wildman–Crippen LogP) is 2.15. The molecule has 0 saturated heterocycles. The highest BCUT2D eigenvalue weighted by Gasteiger charge is 2.04. The van der Waals surface area contributed by atoms with Gasteiger partial charge < -0.3 is 5.32 Å². The fourth-order valence-electron chi connectivity index (χ4n) is 0.869. The van der Waals surface area contributed by atoms with Crippen molar-refractivity contribution >= 4 is 5.70 Å². The minimum Gasteiger partial charge on any atom is -0.388 e.